The Bertz CT molecular complexity index is 310. The fourth-order valence-electron chi connectivity index (χ4n) is 2.61. The molecule has 0 bridgehead atoms. The zero-order valence-corrected chi connectivity index (χ0v) is 15.3. The van der Waals surface area contributed by atoms with Crippen LogP contribution < -0.4 is 5.32 Å². The van der Waals surface area contributed by atoms with Gasteiger partial charge in [-0.15, -0.1) is 0 Å². The molecule has 0 aromatic carbocycles. The Balaban J connectivity index is 4.52. The molecule has 0 aliphatic carbocycles. The van der Waals surface area contributed by atoms with E-state index in [2.05, 4.69) is 68.0 Å². The Morgan fingerprint density at radius 3 is 1.95 bits per heavy atom. The first-order chi connectivity index (χ1) is 8.78. The summed E-state index contributed by atoms with van der Waals surface area (Å²) in [6.45, 7) is 14.9. The average molecular weight is 285 g/mol. The largest absolute Gasteiger partial charge is 0.355 e. The fraction of sp³-hybridized carbons (Fsp3) is 0.941. The van der Waals surface area contributed by atoms with Gasteiger partial charge in [0.2, 0.25) is 5.91 Å². The Hall–Kier alpha value is -0.570. The zero-order chi connectivity index (χ0) is 16.2. The monoisotopic (exact) mass is 285 g/mol. The van der Waals surface area contributed by atoms with E-state index >= 15 is 0 Å². The Labute approximate surface area is 126 Å². The summed E-state index contributed by atoms with van der Waals surface area (Å²) in [6.07, 6.45) is 1.94. The summed E-state index contributed by atoms with van der Waals surface area (Å²) in [6, 6.07) is 0. The Morgan fingerprint density at radius 1 is 1.10 bits per heavy atom. The van der Waals surface area contributed by atoms with Gasteiger partial charge < -0.3 is 9.80 Å². The first kappa shape index (κ1) is 19.4. The summed E-state index contributed by atoms with van der Waals surface area (Å²) in [5.74, 6) is 0.559. The minimum absolute atomic E-state index is 0.165. The molecule has 0 aliphatic rings. The van der Waals surface area contributed by atoms with Crippen LogP contribution in [0, 0.1) is 16.7 Å². The molecule has 0 rings (SSSR count). The third-order valence-electron chi connectivity index (χ3n) is 3.98. The van der Waals surface area contributed by atoms with Gasteiger partial charge in [0.25, 0.3) is 0 Å². The second kappa shape index (κ2) is 6.93. The molecule has 3 nitrogen and oxygen atoms in total. The molecule has 0 fully saturated rings. The van der Waals surface area contributed by atoms with Crippen LogP contribution in [-0.4, -0.2) is 44.6 Å². The van der Waals surface area contributed by atoms with Crippen LogP contribution in [0.2, 0.25) is 0 Å². The molecule has 0 aliphatic heterocycles. The van der Waals surface area contributed by atoms with Crippen molar-refractivity contribution < 1.29 is 9.28 Å². The molecule has 1 unspecified atom stereocenters. The van der Waals surface area contributed by atoms with Crippen molar-refractivity contribution >= 4 is 5.91 Å². The molecule has 120 valence electrons. The quantitative estimate of drug-likeness (QED) is 0.564. The maximum atomic E-state index is 12.6. The highest BCUT2D eigenvalue weighted by molar-refractivity contribution is 5.82. The molecular weight excluding hydrogens is 248 g/mol. The number of quaternary nitrogens is 1. The van der Waals surface area contributed by atoms with Crippen molar-refractivity contribution in [3.63, 3.8) is 0 Å². The van der Waals surface area contributed by atoms with Gasteiger partial charge in [0.05, 0.1) is 27.7 Å². The second-order valence-corrected chi connectivity index (χ2v) is 8.93. The minimum atomic E-state index is -0.283. The lowest BCUT2D eigenvalue weighted by Crippen LogP contribution is -2.45. The van der Waals surface area contributed by atoms with Crippen molar-refractivity contribution in [3.8, 4) is 0 Å². The Kier molecular flexibility index (Phi) is 6.73. The van der Waals surface area contributed by atoms with E-state index in [-0.39, 0.29) is 16.7 Å². The number of carbonyl (C=O) groups is 1. The van der Waals surface area contributed by atoms with Gasteiger partial charge >= 0.3 is 0 Å². The summed E-state index contributed by atoms with van der Waals surface area (Å²) < 4.78 is 0.944. The topological polar surface area (TPSA) is 29.1 Å². The van der Waals surface area contributed by atoms with Crippen LogP contribution in [0.25, 0.3) is 0 Å². The molecule has 1 amide bonds. The van der Waals surface area contributed by atoms with Crippen molar-refractivity contribution in [2.75, 3.05) is 34.2 Å². The second-order valence-electron chi connectivity index (χ2n) is 8.93. The van der Waals surface area contributed by atoms with Gasteiger partial charge in [-0.05, 0) is 17.8 Å². The van der Waals surface area contributed by atoms with E-state index in [1.807, 2.05) is 0 Å². The van der Waals surface area contributed by atoms with E-state index in [0.29, 0.717) is 5.92 Å². The molecule has 0 radical (unpaired) electrons. The molecular formula is C17H37N2O+. The maximum Gasteiger partial charge on any atom is 0.226 e. The van der Waals surface area contributed by atoms with Crippen molar-refractivity contribution in [1.29, 1.82) is 0 Å². The van der Waals surface area contributed by atoms with Crippen molar-refractivity contribution in [1.82, 2.24) is 5.32 Å². The van der Waals surface area contributed by atoms with Crippen LogP contribution in [0.3, 0.4) is 0 Å². The highest BCUT2D eigenvalue weighted by Gasteiger charge is 2.39. The smallest absolute Gasteiger partial charge is 0.226 e. The van der Waals surface area contributed by atoms with E-state index in [1.54, 1.807) is 0 Å². The molecule has 3 heteroatoms. The Morgan fingerprint density at radius 2 is 1.60 bits per heavy atom. The molecule has 1 N–H and O–H groups in total. The van der Waals surface area contributed by atoms with Crippen LogP contribution in [0.4, 0.5) is 0 Å². The van der Waals surface area contributed by atoms with E-state index < -0.39 is 0 Å². The molecule has 0 aromatic heterocycles. The van der Waals surface area contributed by atoms with Crippen molar-refractivity contribution in [2.24, 2.45) is 16.7 Å². The lowest BCUT2D eigenvalue weighted by atomic mass is 9.68. The summed E-state index contributed by atoms with van der Waals surface area (Å²) in [5, 5.41) is 3.15. The number of nitrogens with one attached hydrogen (secondary N) is 1. The standard InChI is InChI=1S/C17H36N2O/c1-14(2)17(6,13-16(3,4)5)15(20)18-11-10-12-19(7,8)9/h14H,10-13H2,1-9H3/p+1. The number of carbonyl (C=O) groups excluding carboxylic acids is 1. The van der Waals surface area contributed by atoms with Gasteiger partial charge in [-0.3, -0.25) is 4.79 Å². The number of hydrogen-bond donors (Lipinski definition) is 1. The normalized spacial score (nSPS) is 16.1. The van der Waals surface area contributed by atoms with Crippen LogP contribution >= 0.6 is 0 Å². The van der Waals surface area contributed by atoms with Crippen LogP contribution in [0.5, 0.6) is 0 Å². The summed E-state index contributed by atoms with van der Waals surface area (Å²) >= 11 is 0. The molecule has 0 saturated heterocycles. The SMILES string of the molecule is CC(C)C(C)(CC(C)(C)C)C(=O)NCCC[N+](C)(C)C. The highest BCUT2D eigenvalue weighted by Crippen LogP contribution is 2.39. The molecule has 1 atom stereocenters. The van der Waals surface area contributed by atoms with Crippen LogP contribution in [0.15, 0.2) is 0 Å². The third kappa shape index (κ3) is 7.28. The number of amides is 1. The van der Waals surface area contributed by atoms with Gasteiger partial charge in [-0.1, -0.05) is 41.5 Å². The van der Waals surface area contributed by atoms with Crippen LogP contribution in [-0.2, 0) is 4.79 Å². The van der Waals surface area contributed by atoms with E-state index in [9.17, 15) is 4.79 Å². The zero-order valence-electron chi connectivity index (χ0n) is 15.3. The average Bonchev–Trinajstić information content (AvgIpc) is 2.19. The van der Waals surface area contributed by atoms with Gasteiger partial charge in [0, 0.05) is 18.4 Å². The van der Waals surface area contributed by atoms with Gasteiger partial charge in [0.15, 0.2) is 0 Å². The molecule has 20 heavy (non-hydrogen) atoms. The summed E-state index contributed by atoms with van der Waals surface area (Å²) in [5.41, 5.74) is -0.118. The van der Waals surface area contributed by atoms with Crippen molar-refractivity contribution in [2.45, 2.75) is 54.4 Å². The van der Waals surface area contributed by atoms with Gasteiger partial charge in [0.1, 0.15) is 0 Å². The fourth-order valence-corrected chi connectivity index (χ4v) is 2.61. The van der Waals surface area contributed by atoms with Gasteiger partial charge in [-0.25, -0.2) is 0 Å². The molecule has 0 aromatic rings. The summed E-state index contributed by atoms with van der Waals surface area (Å²) in [7, 11) is 6.54. The lowest BCUT2D eigenvalue weighted by molar-refractivity contribution is -0.870. The van der Waals surface area contributed by atoms with Crippen molar-refractivity contribution in [3.05, 3.63) is 0 Å². The first-order valence-electron chi connectivity index (χ1n) is 7.87. The first-order valence-corrected chi connectivity index (χ1v) is 7.87. The molecule has 0 spiro atoms. The summed E-state index contributed by atoms with van der Waals surface area (Å²) in [4.78, 5) is 12.6. The highest BCUT2D eigenvalue weighted by atomic mass is 16.2. The minimum Gasteiger partial charge on any atom is -0.355 e. The predicted molar refractivity (Wildman–Crippen MR) is 87.5 cm³/mol. The number of nitrogens with zero attached hydrogens (tertiary/aromatic N) is 1. The van der Waals surface area contributed by atoms with E-state index in [4.69, 9.17) is 0 Å². The number of rotatable bonds is 7. The predicted octanol–water partition coefficient (Wildman–Crippen LogP) is 3.30. The lowest BCUT2D eigenvalue weighted by Gasteiger charge is -2.37. The van der Waals surface area contributed by atoms with Gasteiger partial charge in [-0.2, -0.15) is 0 Å². The van der Waals surface area contributed by atoms with E-state index in [1.165, 1.54) is 0 Å². The third-order valence-corrected chi connectivity index (χ3v) is 3.98. The van der Waals surface area contributed by atoms with E-state index in [0.717, 1.165) is 30.4 Å². The maximum absolute atomic E-state index is 12.6. The molecule has 0 saturated carbocycles. The molecule has 0 heterocycles. The van der Waals surface area contributed by atoms with Crippen LogP contribution in [0.1, 0.15) is 54.4 Å². The number of hydrogen-bond acceptors (Lipinski definition) is 1.